The minimum absolute atomic E-state index is 0.0131. The minimum atomic E-state index is -0.0131. The lowest BCUT2D eigenvalue weighted by Gasteiger charge is -2.41. The fraction of sp³-hybridized carbons (Fsp3) is 0.321. The SMILES string of the molecule is Cc1cccc(N2CCN(C(=O)c3cnn4c(C)c(Cc5ccccc5Cl)c(C)nc34)CC2C)c1. The van der Waals surface area contributed by atoms with Crippen LogP contribution in [0.15, 0.2) is 54.7 Å². The smallest absolute Gasteiger partial charge is 0.259 e. The summed E-state index contributed by atoms with van der Waals surface area (Å²) in [5, 5.41) is 5.29. The molecule has 0 saturated carbocycles. The Bertz CT molecular complexity index is 1410. The summed E-state index contributed by atoms with van der Waals surface area (Å²) < 4.78 is 1.79. The van der Waals surface area contributed by atoms with Crippen molar-refractivity contribution in [1.29, 1.82) is 0 Å². The molecule has 1 aliphatic heterocycles. The number of carbonyl (C=O) groups excluding carboxylic acids is 1. The number of halogens is 1. The van der Waals surface area contributed by atoms with Gasteiger partial charge in [0.1, 0.15) is 5.56 Å². The van der Waals surface area contributed by atoms with E-state index >= 15 is 0 Å². The number of amides is 1. The van der Waals surface area contributed by atoms with Crippen LogP contribution in [0.4, 0.5) is 5.69 Å². The van der Waals surface area contributed by atoms with Gasteiger partial charge < -0.3 is 9.80 Å². The van der Waals surface area contributed by atoms with Crippen LogP contribution in [-0.4, -0.2) is 51.1 Å². The maximum atomic E-state index is 13.6. The molecule has 0 spiro atoms. The molecule has 6 nitrogen and oxygen atoms in total. The van der Waals surface area contributed by atoms with E-state index in [4.69, 9.17) is 16.6 Å². The summed E-state index contributed by atoms with van der Waals surface area (Å²) in [6.07, 6.45) is 2.33. The highest BCUT2D eigenvalue weighted by atomic mass is 35.5. The van der Waals surface area contributed by atoms with Gasteiger partial charge in [-0.2, -0.15) is 5.10 Å². The van der Waals surface area contributed by atoms with Gasteiger partial charge in [0.05, 0.1) is 6.20 Å². The molecular formula is C28H30ClN5O. The van der Waals surface area contributed by atoms with Crippen LogP contribution < -0.4 is 4.90 Å². The van der Waals surface area contributed by atoms with Gasteiger partial charge in [-0.15, -0.1) is 0 Å². The van der Waals surface area contributed by atoms with E-state index in [0.717, 1.165) is 34.1 Å². The molecule has 1 unspecified atom stereocenters. The lowest BCUT2D eigenvalue weighted by Crippen LogP contribution is -2.53. The van der Waals surface area contributed by atoms with Gasteiger partial charge in [-0.05, 0) is 62.6 Å². The number of fused-ring (bicyclic) bond motifs is 1. The molecular weight excluding hydrogens is 458 g/mol. The van der Waals surface area contributed by atoms with Crippen LogP contribution >= 0.6 is 11.6 Å². The van der Waals surface area contributed by atoms with Crippen LogP contribution in [0.2, 0.25) is 5.02 Å². The van der Waals surface area contributed by atoms with E-state index in [1.54, 1.807) is 10.7 Å². The molecule has 0 radical (unpaired) electrons. The molecule has 3 heterocycles. The summed E-state index contributed by atoms with van der Waals surface area (Å²) in [4.78, 5) is 22.7. The standard InChI is InChI=1S/C28H30ClN5O/c1-18-8-7-10-23(14-18)33-13-12-32(17-19(33)2)28(35)25-16-30-34-21(4)24(20(3)31-27(25)34)15-22-9-5-6-11-26(22)29/h5-11,14,16,19H,12-13,15,17H2,1-4H3. The quantitative estimate of drug-likeness (QED) is 0.394. The van der Waals surface area contributed by atoms with Gasteiger partial charge in [-0.1, -0.05) is 41.9 Å². The van der Waals surface area contributed by atoms with E-state index < -0.39 is 0 Å². The van der Waals surface area contributed by atoms with Crippen molar-refractivity contribution >= 4 is 28.8 Å². The van der Waals surface area contributed by atoms with E-state index in [2.05, 4.69) is 48.1 Å². The monoisotopic (exact) mass is 487 g/mol. The first-order valence-corrected chi connectivity index (χ1v) is 12.4. The number of nitrogens with zero attached hydrogens (tertiary/aromatic N) is 5. The first-order valence-electron chi connectivity index (χ1n) is 12.0. The zero-order valence-electron chi connectivity index (χ0n) is 20.6. The minimum Gasteiger partial charge on any atom is -0.365 e. The molecule has 1 fully saturated rings. The van der Waals surface area contributed by atoms with Crippen molar-refractivity contribution in [3.63, 3.8) is 0 Å². The van der Waals surface area contributed by atoms with Crippen molar-refractivity contribution in [2.45, 2.75) is 40.2 Å². The second-order valence-corrected chi connectivity index (χ2v) is 9.86. The second-order valence-electron chi connectivity index (χ2n) is 9.46. The van der Waals surface area contributed by atoms with Crippen molar-refractivity contribution in [3.05, 3.63) is 93.4 Å². The molecule has 7 heteroatoms. The number of piperazine rings is 1. The van der Waals surface area contributed by atoms with Gasteiger partial charge in [0.25, 0.3) is 5.91 Å². The molecule has 0 N–H and O–H groups in total. The fourth-order valence-corrected chi connectivity index (χ4v) is 5.26. The zero-order chi connectivity index (χ0) is 24.7. The topological polar surface area (TPSA) is 53.7 Å². The van der Waals surface area contributed by atoms with E-state index in [-0.39, 0.29) is 11.9 Å². The average molecular weight is 488 g/mol. The van der Waals surface area contributed by atoms with Crippen molar-refractivity contribution < 1.29 is 4.79 Å². The Balaban J connectivity index is 1.39. The maximum Gasteiger partial charge on any atom is 0.259 e. The van der Waals surface area contributed by atoms with Crippen LogP contribution in [0, 0.1) is 20.8 Å². The number of anilines is 1. The summed E-state index contributed by atoms with van der Waals surface area (Å²) >= 11 is 6.40. The number of rotatable bonds is 4. The van der Waals surface area contributed by atoms with Gasteiger partial charge in [0.15, 0.2) is 5.65 Å². The Morgan fingerprint density at radius 2 is 1.89 bits per heavy atom. The molecule has 1 saturated heterocycles. The molecule has 4 aromatic rings. The maximum absolute atomic E-state index is 13.6. The third-order valence-corrected chi connectivity index (χ3v) is 7.38. The van der Waals surface area contributed by atoms with E-state index in [9.17, 15) is 4.79 Å². The van der Waals surface area contributed by atoms with Crippen LogP contribution in [-0.2, 0) is 6.42 Å². The first-order chi connectivity index (χ1) is 16.8. The third-order valence-electron chi connectivity index (χ3n) is 7.01. The van der Waals surface area contributed by atoms with Crippen LogP contribution in [0.5, 0.6) is 0 Å². The Kier molecular flexibility index (Phi) is 6.24. The fourth-order valence-electron chi connectivity index (χ4n) is 5.05. The Hall–Kier alpha value is -3.38. The largest absolute Gasteiger partial charge is 0.365 e. The Morgan fingerprint density at radius 3 is 2.63 bits per heavy atom. The van der Waals surface area contributed by atoms with Gasteiger partial charge in [-0.3, -0.25) is 4.79 Å². The van der Waals surface area contributed by atoms with E-state index in [1.165, 1.54) is 11.3 Å². The molecule has 0 aliphatic carbocycles. The average Bonchev–Trinajstić information content (AvgIpc) is 3.26. The zero-order valence-corrected chi connectivity index (χ0v) is 21.4. The number of carbonyl (C=O) groups is 1. The summed E-state index contributed by atoms with van der Waals surface area (Å²) in [5.41, 5.74) is 7.60. The van der Waals surface area contributed by atoms with Gasteiger partial charge in [0, 0.05) is 54.2 Å². The molecule has 1 atom stereocenters. The molecule has 0 bridgehead atoms. The van der Waals surface area contributed by atoms with Crippen LogP contribution in [0.1, 0.15) is 45.4 Å². The molecule has 1 aliphatic rings. The summed E-state index contributed by atoms with van der Waals surface area (Å²) in [6, 6.07) is 16.6. The molecule has 1 amide bonds. The number of benzene rings is 2. The normalized spacial score (nSPS) is 16.2. The van der Waals surface area contributed by atoms with Crippen LogP contribution in [0.25, 0.3) is 5.65 Å². The van der Waals surface area contributed by atoms with Crippen LogP contribution in [0.3, 0.4) is 0 Å². The van der Waals surface area contributed by atoms with E-state index in [0.29, 0.717) is 30.7 Å². The highest BCUT2D eigenvalue weighted by molar-refractivity contribution is 6.31. The first kappa shape index (κ1) is 23.4. The summed E-state index contributed by atoms with van der Waals surface area (Å²) in [5.74, 6) is -0.0131. The van der Waals surface area contributed by atoms with Crippen molar-refractivity contribution in [2.75, 3.05) is 24.5 Å². The van der Waals surface area contributed by atoms with Crippen molar-refractivity contribution in [2.24, 2.45) is 0 Å². The highest BCUT2D eigenvalue weighted by Gasteiger charge is 2.30. The third kappa shape index (κ3) is 4.39. The summed E-state index contributed by atoms with van der Waals surface area (Å²) in [7, 11) is 0. The summed E-state index contributed by atoms with van der Waals surface area (Å²) in [6.45, 7) is 10.4. The Labute approximate surface area is 211 Å². The molecule has 2 aromatic carbocycles. The predicted octanol–water partition coefficient (Wildman–Crippen LogP) is 5.25. The van der Waals surface area contributed by atoms with Gasteiger partial charge >= 0.3 is 0 Å². The number of aryl methyl sites for hydroxylation is 3. The predicted molar refractivity (Wildman–Crippen MR) is 141 cm³/mol. The van der Waals surface area contributed by atoms with Gasteiger partial charge in [-0.25, -0.2) is 9.50 Å². The van der Waals surface area contributed by atoms with Crippen molar-refractivity contribution in [3.8, 4) is 0 Å². The molecule has 5 rings (SSSR count). The molecule has 180 valence electrons. The number of hydrogen-bond acceptors (Lipinski definition) is 4. The Morgan fingerprint density at radius 1 is 1.09 bits per heavy atom. The lowest BCUT2D eigenvalue weighted by molar-refractivity contribution is 0.0728. The van der Waals surface area contributed by atoms with Crippen molar-refractivity contribution in [1.82, 2.24) is 19.5 Å². The number of aromatic nitrogens is 3. The van der Waals surface area contributed by atoms with Gasteiger partial charge in [0.2, 0.25) is 0 Å². The molecule has 2 aromatic heterocycles. The highest BCUT2D eigenvalue weighted by Crippen LogP contribution is 2.26. The molecule has 35 heavy (non-hydrogen) atoms. The number of hydrogen-bond donors (Lipinski definition) is 0. The van der Waals surface area contributed by atoms with E-state index in [1.807, 2.05) is 43.0 Å². The lowest BCUT2D eigenvalue weighted by atomic mass is 10.0. The second kappa shape index (κ2) is 9.34.